The second-order valence-electron chi connectivity index (χ2n) is 5.45. The minimum Gasteiger partial charge on any atom is -0.350 e. The van der Waals surface area contributed by atoms with Crippen LogP contribution in [-0.4, -0.2) is 29.8 Å². The molecule has 1 aromatic rings. The van der Waals surface area contributed by atoms with Crippen molar-refractivity contribution in [1.29, 1.82) is 0 Å². The SMILES string of the molecule is CCCC(C)C(=O)N(CC)CC(=O)NCc1ccc(F)cc1. The minimum atomic E-state index is -0.303. The summed E-state index contributed by atoms with van der Waals surface area (Å²) in [4.78, 5) is 25.7. The quantitative estimate of drug-likeness (QED) is 0.803. The maximum Gasteiger partial charge on any atom is 0.239 e. The predicted molar refractivity (Wildman–Crippen MR) is 84.6 cm³/mol. The van der Waals surface area contributed by atoms with Crippen LogP contribution in [0, 0.1) is 11.7 Å². The summed E-state index contributed by atoms with van der Waals surface area (Å²) in [6.07, 6.45) is 1.77. The summed E-state index contributed by atoms with van der Waals surface area (Å²) in [7, 11) is 0. The van der Waals surface area contributed by atoms with Crippen molar-refractivity contribution >= 4 is 11.8 Å². The van der Waals surface area contributed by atoms with Crippen LogP contribution >= 0.6 is 0 Å². The van der Waals surface area contributed by atoms with Crippen molar-refractivity contribution in [2.45, 2.75) is 40.2 Å². The van der Waals surface area contributed by atoms with Gasteiger partial charge >= 0.3 is 0 Å². The zero-order valence-corrected chi connectivity index (χ0v) is 13.6. The van der Waals surface area contributed by atoms with Gasteiger partial charge in [0.2, 0.25) is 11.8 Å². The van der Waals surface area contributed by atoms with Crippen molar-refractivity contribution in [3.05, 3.63) is 35.6 Å². The Morgan fingerprint density at radius 2 is 1.86 bits per heavy atom. The average Bonchev–Trinajstić information content (AvgIpc) is 2.51. The molecule has 5 heteroatoms. The molecule has 1 unspecified atom stereocenters. The first-order valence-electron chi connectivity index (χ1n) is 7.77. The highest BCUT2D eigenvalue weighted by Crippen LogP contribution is 2.09. The standard InChI is InChI=1S/C17H25FN2O2/c1-4-6-13(3)17(22)20(5-2)12-16(21)19-11-14-7-9-15(18)10-8-14/h7-10,13H,4-6,11-12H2,1-3H3,(H,19,21). The third kappa shape index (κ3) is 5.84. The minimum absolute atomic E-state index is 0.0151. The van der Waals surface area contributed by atoms with Gasteiger partial charge < -0.3 is 10.2 Å². The predicted octanol–water partition coefficient (Wildman–Crippen LogP) is 2.73. The lowest BCUT2D eigenvalue weighted by Gasteiger charge is -2.23. The van der Waals surface area contributed by atoms with E-state index in [1.54, 1.807) is 17.0 Å². The van der Waals surface area contributed by atoms with Crippen LogP contribution in [0.1, 0.15) is 39.2 Å². The van der Waals surface area contributed by atoms with E-state index in [0.717, 1.165) is 18.4 Å². The first-order valence-corrected chi connectivity index (χ1v) is 7.77. The summed E-state index contributed by atoms with van der Waals surface area (Å²) < 4.78 is 12.8. The maximum absolute atomic E-state index is 12.8. The molecule has 1 atom stereocenters. The molecule has 0 fully saturated rings. The van der Waals surface area contributed by atoms with Crippen LogP contribution in [0.2, 0.25) is 0 Å². The number of hydrogen-bond acceptors (Lipinski definition) is 2. The zero-order chi connectivity index (χ0) is 16.5. The van der Waals surface area contributed by atoms with Gasteiger partial charge in [0.15, 0.2) is 0 Å². The van der Waals surface area contributed by atoms with E-state index >= 15 is 0 Å². The molecule has 0 saturated carbocycles. The van der Waals surface area contributed by atoms with Gasteiger partial charge in [0.25, 0.3) is 0 Å². The normalized spacial score (nSPS) is 11.8. The number of benzene rings is 1. The van der Waals surface area contributed by atoms with Crippen LogP contribution in [0.5, 0.6) is 0 Å². The molecule has 0 aliphatic rings. The zero-order valence-electron chi connectivity index (χ0n) is 13.6. The summed E-state index contributed by atoms with van der Waals surface area (Å²) >= 11 is 0. The van der Waals surface area contributed by atoms with E-state index in [1.807, 2.05) is 20.8 Å². The van der Waals surface area contributed by atoms with Crippen LogP contribution in [0.3, 0.4) is 0 Å². The van der Waals surface area contributed by atoms with Crippen LogP contribution in [0.25, 0.3) is 0 Å². The summed E-state index contributed by atoms with van der Waals surface area (Å²) in [6, 6.07) is 5.97. The number of carbonyl (C=O) groups is 2. The second kappa shape index (κ2) is 9.18. The Bertz CT molecular complexity index is 488. The van der Waals surface area contributed by atoms with E-state index in [2.05, 4.69) is 5.32 Å². The molecular weight excluding hydrogens is 283 g/mol. The summed E-state index contributed by atoms with van der Waals surface area (Å²) in [5.74, 6) is -0.554. The molecule has 0 aliphatic heterocycles. The molecule has 0 aliphatic carbocycles. The highest BCUT2D eigenvalue weighted by Gasteiger charge is 2.20. The smallest absolute Gasteiger partial charge is 0.239 e. The second-order valence-corrected chi connectivity index (χ2v) is 5.45. The number of amides is 2. The Morgan fingerprint density at radius 3 is 2.41 bits per heavy atom. The number of halogens is 1. The molecule has 122 valence electrons. The van der Waals surface area contributed by atoms with Crippen LogP contribution in [-0.2, 0) is 16.1 Å². The fraction of sp³-hybridized carbons (Fsp3) is 0.529. The van der Waals surface area contributed by atoms with E-state index in [9.17, 15) is 14.0 Å². The van der Waals surface area contributed by atoms with Crippen LogP contribution in [0.4, 0.5) is 4.39 Å². The molecular formula is C17H25FN2O2. The maximum atomic E-state index is 12.8. The highest BCUT2D eigenvalue weighted by atomic mass is 19.1. The molecule has 0 radical (unpaired) electrons. The molecule has 2 amide bonds. The Labute approximate surface area is 131 Å². The van der Waals surface area contributed by atoms with Crippen molar-refractivity contribution in [3.8, 4) is 0 Å². The molecule has 22 heavy (non-hydrogen) atoms. The number of carbonyl (C=O) groups excluding carboxylic acids is 2. The monoisotopic (exact) mass is 308 g/mol. The number of likely N-dealkylation sites (N-methyl/N-ethyl adjacent to an activating group) is 1. The van der Waals surface area contributed by atoms with Gasteiger partial charge in [-0.05, 0) is 31.0 Å². The van der Waals surface area contributed by atoms with Crippen molar-refractivity contribution in [3.63, 3.8) is 0 Å². The van der Waals surface area contributed by atoms with Gasteiger partial charge in [0, 0.05) is 19.0 Å². The van der Waals surface area contributed by atoms with Gasteiger partial charge in [0.1, 0.15) is 5.82 Å². The van der Waals surface area contributed by atoms with Crippen LogP contribution < -0.4 is 5.32 Å². The fourth-order valence-electron chi connectivity index (χ4n) is 2.25. The van der Waals surface area contributed by atoms with Gasteiger partial charge in [0.05, 0.1) is 6.54 Å². The Kier molecular flexibility index (Phi) is 7.57. The van der Waals surface area contributed by atoms with Gasteiger partial charge in [-0.2, -0.15) is 0 Å². The fourth-order valence-corrected chi connectivity index (χ4v) is 2.25. The van der Waals surface area contributed by atoms with Crippen molar-refractivity contribution in [1.82, 2.24) is 10.2 Å². The van der Waals surface area contributed by atoms with E-state index in [0.29, 0.717) is 13.1 Å². The summed E-state index contributed by atoms with van der Waals surface area (Å²) in [5.41, 5.74) is 0.823. The number of nitrogens with zero attached hydrogens (tertiary/aromatic N) is 1. The Hall–Kier alpha value is -1.91. The van der Waals surface area contributed by atoms with Crippen molar-refractivity contribution in [2.24, 2.45) is 5.92 Å². The lowest BCUT2D eigenvalue weighted by Crippen LogP contribution is -2.42. The average molecular weight is 308 g/mol. The molecule has 1 aromatic carbocycles. The van der Waals surface area contributed by atoms with Gasteiger partial charge in [-0.1, -0.05) is 32.4 Å². The molecule has 0 aromatic heterocycles. The first-order chi connectivity index (χ1) is 10.5. The van der Waals surface area contributed by atoms with E-state index in [-0.39, 0.29) is 30.1 Å². The van der Waals surface area contributed by atoms with E-state index in [1.165, 1.54) is 12.1 Å². The molecule has 0 bridgehead atoms. The number of rotatable bonds is 8. The highest BCUT2D eigenvalue weighted by molar-refractivity contribution is 5.85. The Balaban J connectivity index is 2.47. The third-order valence-corrected chi connectivity index (χ3v) is 3.57. The van der Waals surface area contributed by atoms with Crippen LogP contribution in [0.15, 0.2) is 24.3 Å². The molecule has 4 nitrogen and oxygen atoms in total. The van der Waals surface area contributed by atoms with E-state index < -0.39 is 0 Å². The summed E-state index contributed by atoms with van der Waals surface area (Å²) in [6.45, 7) is 6.70. The molecule has 1 N–H and O–H groups in total. The topological polar surface area (TPSA) is 49.4 Å². The summed E-state index contributed by atoms with van der Waals surface area (Å²) in [5, 5.41) is 2.75. The molecule has 1 rings (SSSR count). The van der Waals surface area contributed by atoms with Crippen molar-refractivity contribution in [2.75, 3.05) is 13.1 Å². The lowest BCUT2D eigenvalue weighted by atomic mass is 10.0. The van der Waals surface area contributed by atoms with E-state index in [4.69, 9.17) is 0 Å². The number of hydrogen-bond donors (Lipinski definition) is 1. The largest absolute Gasteiger partial charge is 0.350 e. The first kappa shape index (κ1) is 18.1. The third-order valence-electron chi connectivity index (χ3n) is 3.57. The van der Waals surface area contributed by atoms with Gasteiger partial charge in [-0.3, -0.25) is 9.59 Å². The van der Waals surface area contributed by atoms with Crippen molar-refractivity contribution < 1.29 is 14.0 Å². The molecule has 0 saturated heterocycles. The lowest BCUT2D eigenvalue weighted by molar-refractivity contribution is -0.139. The molecule has 0 spiro atoms. The van der Waals surface area contributed by atoms with Gasteiger partial charge in [-0.25, -0.2) is 4.39 Å². The van der Waals surface area contributed by atoms with Gasteiger partial charge in [-0.15, -0.1) is 0 Å². The Morgan fingerprint density at radius 1 is 1.23 bits per heavy atom. The molecule has 0 heterocycles. The number of nitrogens with one attached hydrogen (secondary N) is 1.